The maximum atomic E-state index is 8.62. The Balaban J connectivity index is 2.18. The highest BCUT2D eigenvalue weighted by Gasteiger charge is 2.18. The zero-order valence-corrected chi connectivity index (χ0v) is 9.83. The largest absolute Gasteiger partial charge is 0.381 e. The van der Waals surface area contributed by atoms with E-state index in [4.69, 9.17) is 21.6 Å². The van der Waals surface area contributed by atoms with Crippen LogP contribution >= 0.6 is 11.6 Å². The molecule has 0 saturated carbocycles. The maximum absolute atomic E-state index is 8.62. The lowest BCUT2D eigenvalue weighted by Gasteiger charge is -2.23. The Labute approximate surface area is 101 Å². The van der Waals surface area contributed by atoms with Gasteiger partial charge in [0.2, 0.25) is 0 Å². The molecule has 0 amide bonds. The Morgan fingerprint density at radius 3 is 2.75 bits per heavy atom. The summed E-state index contributed by atoms with van der Waals surface area (Å²) in [4.78, 5) is 0. The van der Waals surface area contributed by atoms with Crippen LogP contribution in [0.25, 0.3) is 0 Å². The van der Waals surface area contributed by atoms with Crippen molar-refractivity contribution in [3.63, 3.8) is 0 Å². The summed E-state index contributed by atoms with van der Waals surface area (Å²) in [5, 5.41) is 9.41. The molecule has 0 bridgehead atoms. The van der Waals surface area contributed by atoms with Gasteiger partial charge in [-0.15, -0.1) is 0 Å². The predicted molar refractivity (Wildman–Crippen MR) is 63.6 cm³/mol. The Kier molecular flexibility index (Phi) is 3.82. The quantitative estimate of drug-likeness (QED) is 0.788. The van der Waals surface area contributed by atoms with Crippen molar-refractivity contribution in [2.75, 3.05) is 13.2 Å². The first kappa shape index (κ1) is 11.4. The first-order valence-electron chi connectivity index (χ1n) is 5.54. The first-order chi connectivity index (χ1) is 7.81. The number of nitrogens with zero attached hydrogens (tertiary/aromatic N) is 1. The summed E-state index contributed by atoms with van der Waals surface area (Å²) in [6.45, 7) is 1.64. The van der Waals surface area contributed by atoms with Crippen LogP contribution < -0.4 is 0 Å². The average molecular weight is 236 g/mol. The van der Waals surface area contributed by atoms with Crippen molar-refractivity contribution in [1.82, 2.24) is 0 Å². The average Bonchev–Trinajstić information content (AvgIpc) is 2.31. The lowest BCUT2D eigenvalue weighted by atomic mass is 9.91. The van der Waals surface area contributed by atoms with Crippen molar-refractivity contribution in [2.45, 2.75) is 25.2 Å². The van der Waals surface area contributed by atoms with E-state index in [1.165, 1.54) is 5.56 Å². The molecule has 0 unspecified atom stereocenters. The highest BCUT2D eigenvalue weighted by atomic mass is 35.5. The fourth-order valence-corrected chi connectivity index (χ4v) is 2.47. The molecule has 2 nitrogen and oxygen atoms in total. The van der Waals surface area contributed by atoms with Gasteiger partial charge >= 0.3 is 0 Å². The minimum absolute atomic E-state index is 0.424. The summed E-state index contributed by atoms with van der Waals surface area (Å²) >= 11 is 6.25. The van der Waals surface area contributed by atoms with E-state index in [2.05, 4.69) is 12.1 Å². The van der Waals surface area contributed by atoms with Crippen LogP contribution in [-0.4, -0.2) is 13.2 Å². The van der Waals surface area contributed by atoms with Gasteiger partial charge in [0, 0.05) is 18.2 Å². The van der Waals surface area contributed by atoms with E-state index in [0.717, 1.165) is 36.6 Å². The highest BCUT2D eigenvalue weighted by Crippen LogP contribution is 2.32. The van der Waals surface area contributed by atoms with Gasteiger partial charge in [-0.3, -0.25) is 0 Å². The minimum Gasteiger partial charge on any atom is -0.381 e. The molecule has 0 spiro atoms. The molecule has 2 rings (SSSR count). The molecule has 0 aliphatic carbocycles. The summed E-state index contributed by atoms with van der Waals surface area (Å²) in [5.41, 5.74) is 2.19. The summed E-state index contributed by atoms with van der Waals surface area (Å²) in [6.07, 6.45) is 2.50. The standard InChI is InChI=1S/C13H14ClNO/c14-13-9-10(3-6-15)1-2-12(13)11-4-7-16-8-5-11/h1-2,9,11H,3-5,7-8H2. The maximum Gasteiger partial charge on any atom is 0.0669 e. The Morgan fingerprint density at radius 2 is 2.12 bits per heavy atom. The Bertz CT molecular complexity index is 405. The van der Waals surface area contributed by atoms with Gasteiger partial charge in [-0.2, -0.15) is 5.26 Å². The lowest BCUT2D eigenvalue weighted by Crippen LogP contribution is -2.14. The van der Waals surface area contributed by atoms with Crippen LogP contribution in [0.5, 0.6) is 0 Å². The topological polar surface area (TPSA) is 33.0 Å². The molecule has 0 aromatic heterocycles. The third-order valence-corrected chi connectivity index (χ3v) is 3.34. The van der Waals surface area contributed by atoms with Gasteiger partial charge in [-0.05, 0) is 36.0 Å². The van der Waals surface area contributed by atoms with Crippen LogP contribution in [0.2, 0.25) is 5.02 Å². The smallest absolute Gasteiger partial charge is 0.0669 e. The van der Waals surface area contributed by atoms with Crippen molar-refractivity contribution < 1.29 is 4.74 Å². The van der Waals surface area contributed by atoms with E-state index in [9.17, 15) is 0 Å². The molecular weight excluding hydrogens is 222 g/mol. The van der Waals surface area contributed by atoms with Crippen LogP contribution in [-0.2, 0) is 11.2 Å². The summed E-state index contributed by atoms with van der Waals surface area (Å²) in [7, 11) is 0. The van der Waals surface area contributed by atoms with E-state index >= 15 is 0 Å². The third kappa shape index (κ3) is 2.55. The van der Waals surface area contributed by atoms with Gasteiger partial charge in [-0.1, -0.05) is 23.7 Å². The molecule has 1 aliphatic heterocycles. The Hall–Kier alpha value is -1.04. The van der Waals surface area contributed by atoms with Gasteiger partial charge in [0.25, 0.3) is 0 Å². The molecule has 1 saturated heterocycles. The number of benzene rings is 1. The number of hydrogen-bond donors (Lipinski definition) is 0. The van der Waals surface area contributed by atoms with Crippen LogP contribution in [0, 0.1) is 11.3 Å². The summed E-state index contributed by atoms with van der Waals surface area (Å²) < 4.78 is 5.34. The van der Waals surface area contributed by atoms with Crippen molar-refractivity contribution in [3.8, 4) is 6.07 Å². The SMILES string of the molecule is N#CCc1ccc(C2CCOCC2)c(Cl)c1. The molecule has 0 N–H and O–H groups in total. The van der Waals surface area contributed by atoms with Crippen LogP contribution in [0.15, 0.2) is 18.2 Å². The van der Waals surface area contributed by atoms with Crippen LogP contribution in [0.3, 0.4) is 0 Å². The molecule has 1 aromatic rings. The number of rotatable bonds is 2. The van der Waals surface area contributed by atoms with Crippen molar-refractivity contribution in [2.24, 2.45) is 0 Å². The molecule has 0 radical (unpaired) electrons. The molecule has 1 aliphatic rings. The Morgan fingerprint density at radius 1 is 1.38 bits per heavy atom. The number of hydrogen-bond acceptors (Lipinski definition) is 2. The van der Waals surface area contributed by atoms with E-state index in [1.54, 1.807) is 0 Å². The number of ether oxygens (including phenoxy) is 1. The fraction of sp³-hybridized carbons (Fsp3) is 0.462. The third-order valence-electron chi connectivity index (χ3n) is 3.01. The predicted octanol–water partition coefficient (Wildman–Crippen LogP) is 3.30. The van der Waals surface area contributed by atoms with E-state index in [1.807, 2.05) is 12.1 Å². The minimum atomic E-state index is 0.424. The van der Waals surface area contributed by atoms with E-state index in [0.29, 0.717) is 12.3 Å². The molecule has 3 heteroatoms. The zero-order chi connectivity index (χ0) is 11.4. The van der Waals surface area contributed by atoms with Crippen LogP contribution in [0.1, 0.15) is 29.9 Å². The van der Waals surface area contributed by atoms with Crippen molar-refractivity contribution in [3.05, 3.63) is 34.3 Å². The lowest BCUT2D eigenvalue weighted by molar-refractivity contribution is 0.0853. The van der Waals surface area contributed by atoms with Gasteiger partial charge in [-0.25, -0.2) is 0 Å². The summed E-state index contributed by atoms with van der Waals surface area (Å²) in [6, 6.07) is 8.10. The first-order valence-corrected chi connectivity index (χ1v) is 5.92. The van der Waals surface area contributed by atoms with Gasteiger partial charge in [0.05, 0.1) is 12.5 Å². The monoisotopic (exact) mass is 235 g/mol. The van der Waals surface area contributed by atoms with Gasteiger partial charge < -0.3 is 4.74 Å². The van der Waals surface area contributed by atoms with Crippen molar-refractivity contribution in [1.29, 1.82) is 5.26 Å². The molecule has 16 heavy (non-hydrogen) atoms. The normalized spacial score (nSPS) is 17.0. The van der Waals surface area contributed by atoms with E-state index in [-0.39, 0.29) is 0 Å². The number of nitriles is 1. The van der Waals surface area contributed by atoms with Gasteiger partial charge in [0.1, 0.15) is 0 Å². The molecule has 84 valence electrons. The second-order valence-electron chi connectivity index (χ2n) is 4.08. The number of halogens is 1. The van der Waals surface area contributed by atoms with E-state index < -0.39 is 0 Å². The zero-order valence-electron chi connectivity index (χ0n) is 9.08. The molecule has 0 atom stereocenters. The molecule has 1 heterocycles. The summed E-state index contributed by atoms with van der Waals surface area (Å²) in [5.74, 6) is 0.511. The van der Waals surface area contributed by atoms with Crippen molar-refractivity contribution >= 4 is 11.6 Å². The second-order valence-corrected chi connectivity index (χ2v) is 4.48. The molecule has 1 aromatic carbocycles. The van der Waals surface area contributed by atoms with Crippen LogP contribution in [0.4, 0.5) is 0 Å². The fourth-order valence-electron chi connectivity index (χ4n) is 2.11. The molecular formula is C13H14ClNO. The highest BCUT2D eigenvalue weighted by molar-refractivity contribution is 6.31. The molecule has 1 fully saturated rings. The van der Waals surface area contributed by atoms with Gasteiger partial charge in [0.15, 0.2) is 0 Å². The second kappa shape index (κ2) is 5.34.